The highest BCUT2D eigenvalue weighted by atomic mass is 35.5. The van der Waals surface area contributed by atoms with Crippen LogP contribution in [0.3, 0.4) is 0 Å². The molecule has 104 valence electrons. The van der Waals surface area contributed by atoms with Crippen molar-refractivity contribution in [1.29, 1.82) is 0 Å². The summed E-state index contributed by atoms with van der Waals surface area (Å²) in [6.45, 7) is 5.12. The summed E-state index contributed by atoms with van der Waals surface area (Å²) in [6.07, 6.45) is 2.58. The second-order valence-electron chi connectivity index (χ2n) is 4.78. The molecule has 1 atom stereocenters. The molecule has 1 aromatic rings. The minimum atomic E-state index is -1.22. The van der Waals surface area contributed by atoms with Gasteiger partial charge in [-0.2, -0.15) is 0 Å². The van der Waals surface area contributed by atoms with Crippen molar-refractivity contribution in [3.63, 3.8) is 0 Å². The Balaban J connectivity index is 3.05. The van der Waals surface area contributed by atoms with Crippen LogP contribution in [0.4, 0.5) is 0 Å². The van der Waals surface area contributed by atoms with Gasteiger partial charge in [0.1, 0.15) is 5.60 Å². The third-order valence-corrected chi connectivity index (χ3v) is 2.25. The van der Waals surface area contributed by atoms with Gasteiger partial charge in [-0.05, 0) is 32.4 Å². The average Bonchev–Trinajstić information content (AvgIpc) is 2.29. The molecular weight excluding hydrogens is 272 g/mol. The minimum Gasteiger partial charge on any atom is -0.468 e. The molecule has 1 heterocycles. The molecule has 0 bridgehead atoms. The Labute approximate surface area is 116 Å². The zero-order chi connectivity index (χ0) is 14.6. The molecule has 0 aromatic carbocycles. The highest BCUT2D eigenvalue weighted by molar-refractivity contribution is 6.28. The summed E-state index contributed by atoms with van der Waals surface area (Å²) in [5.74, 6) is -2.67. The zero-order valence-corrected chi connectivity index (χ0v) is 11.9. The Morgan fingerprint density at radius 2 is 1.74 bits per heavy atom. The second kappa shape index (κ2) is 5.97. The van der Waals surface area contributed by atoms with Gasteiger partial charge >= 0.3 is 11.9 Å². The summed E-state index contributed by atoms with van der Waals surface area (Å²) < 4.78 is 9.78. The number of hydrogen-bond donors (Lipinski definition) is 0. The summed E-state index contributed by atoms with van der Waals surface area (Å²) >= 11 is 5.56. The third kappa shape index (κ3) is 4.48. The van der Waals surface area contributed by atoms with Crippen LogP contribution in [0.25, 0.3) is 0 Å². The zero-order valence-electron chi connectivity index (χ0n) is 11.1. The van der Waals surface area contributed by atoms with Crippen LogP contribution in [0.2, 0.25) is 5.28 Å². The Morgan fingerprint density at radius 3 is 2.16 bits per heavy atom. The van der Waals surface area contributed by atoms with Crippen molar-refractivity contribution in [2.45, 2.75) is 32.3 Å². The lowest BCUT2D eigenvalue weighted by Gasteiger charge is -2.22. The van der Waals surface area contributed by atoms with Gasteiger partial charge in [0.2, 0.25) is 5.28 Å². The van der Waals surface area contributed by atoms with Gasteiger partial charge in [0, 0.05) is 18.0 Å². The first-order valence-corrected chi connectivity index (χ1v) is 5.90. The van der Waals surface area contributed by atoms with Crippen LogP contribution in [-0.2, 0) is 19.1 Å². The summed E-state index contributed by atoms with van der Waals surface area (Å²) in [4.78, 5) is 31.2. The Kier molecular flexibility index (Phi) is 4.83. The average molecular weight is 287 g/mol. The normalized spacial score (nSPS) is 12.7. The first kappa shape index (κ1) is 15.4. The van der Waals surface area contributed by atoms with Gasteiger partial charge in [0.15, 0.2) is 5.92 Å². The molecule has 0 aliphatic rings. The Morgan fingerprint density at radius 1 is 1.21 bits per heavy atom. The molecule has 7 heteroatoms. The highest BCUT2D eigenvalue weighted by Crippen LogP contribution is 2.21. The maximum atomic E-state index is 12.0. The van der Waals surface area contributed by atoms with Crippen LogP contribution in [0.15, 0.2) is 12.4 Å². The molecule has 6 nitrogen and oxygen atoms in total. The van der Waals surface area contributed by atoms with Gasteiger partial charge in [-0.25, -0.2) is 9.97 Å². The van der Waals surface area contributed by atoms with Crippen LogP contribution in [0.1, 0.15) is 32.3 Å². The summed E-state index contributed by atoms with van der Waals surface area (Å²) in [5.41, 5.74) is -0.443. The van der Waals surface area contributed by atoms with Crippen molar-refractivity contribution in [2.24, 2.45) is 0 Å². The van der Waals surface area contributed by atoms with Gasteiger partial charge < -0.3 is 9.47 Å². The molecule has 0 fully saturated rings. The number of nitrogens with zero attached hydrogens (tertiary/aromatic N) is 2. The van der Waals surface area contributed by atoms with E-state index < -0.39 is 23.5 Å². The summed E-state index contributed by atoms with van der Waals surface area (Å²) in [5, 5.41) is 0.0246. The topological polar surface area (TPSA) is 78.4 Å². The molecule has 0 aliphatic heterocycles. The molecule has 1 unspecified atom stereocenters. The molecule has 19 heavy (non-hydrogen) atoms. The lowest BCUT2D eigenvalue weighted by Crippen LogP contribution is -2.32. The van der Waals surface area contributed by atoms with Crippen molar-refractivity contribution in [2.75, 3.05) is 7.11 Å². The monoisotopic (exact) mass is 286 g/mol. The van der Waals surface area contributed by atoms with E-state index in [0.29, 0.717) is 0 Å². The molecule has 0 aliphatic carbocycles. The van der Waals surface area contributed by atoms with E-state index in [1.54, 1.807) is 20.8 Å². The molecule has 0 saturated carbocycles. The van der Waals surface area contributed by atoms with Crippen LogP contribution >= 0.6 is 11.6 Å². The number of aromatic nitrogens is 2. The van der Waals surface area contributed by atoms with E-state index in [1.807, 2.05) is 0 Å². The lowest BCUT2D eigenvalue weighted by molar-refractivity contribution is -0.163. The first-order valence-electron chi connectivity index (χ1n) is 5.52. The van der Waals surface area contributed by atoms with Crippen LogP contribution in [0, 0.1) is 0 Å². The van der Waals surface area contributed by atoms with E-state index in [0.717, 1.165) is 0 Å². The molecule has 1 aromatic heterocycles. The van der Waals surface area contributed by atoms with Crippen molar-refractivity contribution in [3.05, 3.63) is 23.2 Å². The van der Waals surface area contributed by atoms with Gasteiger partial charge in [-0.3, -0.25) is 9.59 Å². The predicted molar refractivity (Wildman–Crippen MR) is 67.6 cm³/mol. The minimum absolute atomic E-state index is 0.0246. The maximum Gasteiger partial charge on any atom is 0.325 e. The predicted octanol–water partition coefficient (Wildman–Crippen LogP) is 1.73. The number of hydrogen-bond acceptors (Lipinski definition) is 6. The Bertz CT molecular complexity index is 468. The van der Waals surface area contributed by atoms with Crippen LogP contribution in [0.5, 0.6) is 0 Å². The van der Waals surface area contributed by atoms with Gasteiger partial charge in [0.25, 0.3) is 0 Å². The lowest BCUT2D eigenvalue weighted by atomic mass is 10.0. The molecule has 0 saturated heterocycles. The molecule has 0 spiro atoms. The fourth-order valence-corrected chi connectivity index (χ4v) is 1.42. The largest absolute Gasteiger partial charge is 0.468 e. The molecule has 0 radical (unpaired) electrons. The van der Waals surface area contributed by atoms with E-state index in [4.69, 9.17) is 16.3 Å². The van der Waals surface area contributed by atoms with Crippen molar-refractivity contribution >= 4 is 23.5 Å². The SMILES string of the molecule is COC(=O)C(C(=O)OC(C)(C)C)c1cnc(Cl)nc1. The highest BCUT2D eigenvalue weighted by Gasteiger charge is 2.34. The summed E-state index contributed by atoms with van der Waals surface area (Å²) in [6, 6.07) is 0. The molecule has 0 amide bonds. The standard InChI is InChI=1S/C12H15ClN2O4/c1-12(2,3)19-10(17)8(9(16)18-4)7-5-14-11(13)15-6-7/h5-6,8H,1-4H3. The van der Waals surface area contributed by atoms with Crippen molar-refractivity contribution in [3.8, 4) is 0 Å². The van der Waals surface area contributed by atoms with Crippen molar-refractivity contribution in [1.82, 2.24) is 9.97 Å². The quantitative estimate of drug-likeness (QED) is 0.478. The van der Waals surface area contributed by atoms with E-state index in [1.165, 1.54) is 19.5 Å². The number of ether oxygens (including phenoxy) is 2. The van der Waals surface area contributed by atoms with Crippen molar-refractivity contribution < 1.29 is 19.1 Å². The van der Waals surface area contributed by atoms with Crippen LogP contribution < -0.4 is 0 Å². The van der Waals surface area contributed by atoms with E-state index in [-0.39, 0.29) is 10.8 Å². The smallest absolute Gasteiger partial charge is 0.325 e. The fourth-order valence-electron chi connectivity index (χ4n) is 1.32. The number of carbonyl (C=O) groups is 2. The maximum absolute atomic E-state index is 12.0. The van der Waals surface area contributed by atoms with Gasteiger partial charge in [-0.1, -0.05) is 0 Å². The number of methoxy groups -OCH3 is 1. The second-order valence-corrected chi connectivity index (χ2v) is 5.11. The summed E-state index contributed by atoms with van der Waals surface area (Å²) in [7, 11) is 1.19. The van der Waals surface area contributed by atoms with Gasteiger partial charge in [0.05, 0.1) is 7.11 Å². The molecular formula is C12H15ClN2O4. The third-order valence-electron chi connectivity index (χ3n) is 2.05. The number of halogens is 1. The van der Waals surface area contributed by atoms with Crippen LogP contribution in [-0.4, -0.2) is 34.6 Å². The van der Waals surface area contributed by atoms with E-state index >= 15 is 0 Å². The number of carbonyl (C=O) groups excluding carboxylic acids is 2. The van der Waals surface area contributed by atoms with Gasteiger partial charge in [-0.15, -0.1) is 0 Å². The fraction of sp³-hybridized carbons (Fsp3) is 0.500. The first-order chi connectivity index (χ1) is 8.74. The Hall–Kier alpha value is -1.69. The number of rotatable bonds is 3. The molecule has 0 N–H and O–H groups in total. The molecule has 1 rings (SSSR count). The van der Waals surface area contributed by atoms with E-state index in [2.05, 4.69) is 14.7 Å². The van der Waals surface area contributed by atoms with E-state index in [9.17, 15) is 9.59 Å². The number of esters is 2.